The van der Waals surface area contributed by atoms with Gasteiger partial charge in [-0.1, -0.05) is 6.42 Å². The normalized spacial score (nSPS) is 19.0. The van der Waals surface area contributed by atoms with Crippen molar-refractivity contribution in [1.82, 2.24) is 19.7 Å². The minimum atomic E-state index is 0.452. The van der Waals surface area contributed by atoms with Crippen LogP contribution < -0.4 is 4.90 Å². The number of hydrogen-bond donors (Lipinski definition) is 0. The predicted molar refractivity (Wildman–Crippen MR) is 84.5 cm³/mol. The predicted octanol–water partition coefficient (Wildman–Crippen LogP) is 2.77. The Morgan fingerprint density at radius 3 is 2.76 bits per heavy atom. The van der Waals surface area contributed by atoms with E-state index in [4.69, 9.17) is 0 Å². The zero-order chi connectivity index (χ0) is 14.2. The molecule has 1 fully saturated rings. The van der Waals surface area contributed by atoms with Gasteiger partial charge in [-0.25, -0.2) is 9.97 Å². The third kappa shape index (κ3) is 2.46. The summed E-state index contributed by atoms with van der Waals surface area (Å²) >= 11 is 3.45. The number of fused-ring (bicyclic) bond motifs is 1. The summed E-state index contributed by atoms with van der Waals surface area (Å²) in [5.41, 5.74) is 2.65. The van der Waals surface area contributed by atoms with Crippen molar-refractivity contribution in [3.8, 4) is 0 Å². The molecular formula is C15H18BrN5. The third-order valence-corrected chi connectivity index (χ3v) is 4.87. The molecule has 0 saturated carbocycles. The van der Waals surface area contributed by atoms with E-state index in [1.807, 2.05) is 17.1 Å². The van der Waals surface area contributed by atoms with Gasteiger partial charge in [-0.3, -0.25) is 4.68 Å². The molecular weight excluding hydrogens is 330 g/mol. The lowest BCUT2D eigenvalue weighted by Gasteiger charge is -2.41. The summed E-state index contributed by atoms with van der Waals surface area (Å²) < 4.78 is 3.08. The molecule has 1 aliphatic carbocycles. The van der Waals surface area contributed by atoms with Gasteiger partial charge >= 0.3 is 0 Å². The highest BCUT2D eigenvalue weighted by Gasteiger charge is 2.32. The average Bonchev–Trinajstić information content (AvgIpc) is 2.72. The van der Waals surface area contributed by atoms with Crippen molar-refractivity contribution in [2.24, 2.45) is 0 Å². The number of aromatic nitrogens is 4. The standard InChI is InChI=1S/C15H18BrN5/c16-11-6-19-21(7-11)12-8-20(9-12)15-13-4-2-1-3-5-14(13)17-10-18-15/h6-7,10,12H,1-5,8-9H2. The first-order valence-electron chi connectivity index (χ1n) is 7.58. The summed E-state index contributed by atoms with van der Waals surface area (Å²) in [6.07, 6.45) is 11.7. The van der Waals surface area contributed by atoms with Crippen LogP contribution in [0, 0.1) is 0 Å². The van der Waals surface area contributed by atoms with E-state index in [0.717, 1.165) is 36.2 Å². The van der Waals surface area contributed by atoms with Gasteiger partial charge in [0, 0.05) is 30.5 Å². The van der Waals surface area contributed by atoms with Gasteiger partial charge in [-0.05, 0) is 41.6 Å². The number of rotatable bonds is 2. The fourth-order valence-electron chi connectivity index (χ4n) is 3.26. The van der Waals surface area contributed by atoms with Gasteiger partial charge in [-0.15, -0.1) is 0 Å². The van der Waals surface area contributed by atoms with Gasteiger partial charge in [0.1, 0.15) is 12.1 Å². The van der Waals surface area contributed by atoms with Crippen molar-refractivity contribution in [2.75, 3.05) is 18.0 Å². The molecule has 0 unspecified atom stereocenters. The molecule has 2 aromatic rings. The highest BCUT2D eigenvalue weighted by molar-refractivity contribution is 9.10. The van der Waals surface area contributed by atoms with E-state index in [1.165, 1.54) is 30.5 Å². The van der Waals surface area contributed by atoms with E-state index in [9.17, 15) is 0 Å². The fraction of sp³-hybridized carbons (Fsp3) is 0.533. The summed E-state index contributed by atoms with van der Waals surface area (Å²) in [6, 6.07) is 0.452. The molecule has 0 atom stereocenters. The number of nitrogens with zero attached hydrogens (tertiary/aromatic N) is 5. The summed E-state index contributed by atoms with van der Waals surface area (Å²) in [5.74, 6) is 1.16. The van der Waals surface area contributed by atoms with Gasteiger partial charge in [0.15, 0.2) is 0 Å². The summed E-state index contributed by atoms with van der Waals surface area (Å²) in [6.45, 7) is 1.97. The van der Waals surface area contributed by atoms with Crippen molar-refractivity contribution >= 4 is 21.7 Å². The molecule has 0 amide bonds. The molecule has 0 radical (unpaired) electrons. The molecule has 3 heterocycles. The van der Waals surface area contributed by atoms with Crippen LogP contribution in [0.5, 0.6) is 0 Å². The van der Waals surface area contributed by atoms with Crippen molar-refractivity contribution in [2.45, 2.75) is 38.1 Å². The zero-order valence-corrected chi connectivity index (χ0v) is 13.5. The molecule has 1 aliphatic heterocycles. The van der Waals surface area contributed by atoms with Crippen LogP contribution in [-0.4, -0.2) is 32.8 Å². The van der Waals surface area contributed by atoms with Gasteiger partial charge in [0.25, 0.3) is 0 Å². The van der Waals surface area contributed by atoms with Crippen LogP contribution in [0.3, 0.4) is 0 Å². The maximum Gasteiger partial charge on any atom is 0.135 e. The first-order chi connectivity index (χ1) is 10.3. The molecule has 0 aromatic carbocycles. The van der Waals surface area contributed by atoms with E-state index in [0.29, 0.717) is 6.04 Å². The second kappa shape index (κ2) is 5.40. The Hall–Kier alpha value is -1.43. The van der Waals surface area contributed by atoms with Crippen LogP contribution >= 0.6 is 15.9 Å². The minimum absolute atomic E-state index is 0.452. The maximum atomic E-state index is 4.56. The highest BCUT2D eigenvalue weighted by atomic mass is 79.9. The number of anilines is 1. The average molecular weight is 348 g/mol. The highest BCUT2D eigenvalue weighted by Crippen LogP contribution is 2.32. The molecule has 0 N–H and O–H groups in total. The van der Waals surface area contributed by atoms with E-state index in [2.05, 4.69) is 35.9 Å². The van der Waals surface area contributed by atoms with E-state index < -0.39 is 0 Å². The Bertz CT molecular complexity index is 647. The van der Waals surface area contributed by atoms with Crippen molar-refractivity contribution < 1.29 is 0 Å². The maximum absolute atomic E-state index is 4.56. The van der Waals surface area contributed by atoms with Gasteiger partial charge < -0.3 is 4.90 Å². The second-order valence-electron chi connectivity index (χ2n) is 5.88. The van der Waals surface area contributed by atoms with Crippen molar-refractivity contribution in [1.29, 1.82) is 0 Å². The van der Waals surface area contributed by atoms with E-state index >= 15 is 0 Å². The lowest BCUT2D eigenvalue weighted by atomic mass is 10.0. The lowest BCUT2D eigenvalue weighted by Crippen LogP contribution is -2.48. The monoisotopic (exact) mass is 347 g/mol. The summed E-state index contributed by atoms with van der Waals surface area (Å²) in [5, 5.41) is 4.38. The molecule has 110 valence electrons. The molecule has 21 heavy (non-hydrogen) atoms. The molecule has 1 saturated heterocycles. The van der Waals surface area contributed by atoms with Crippen LogP contribution in [0.15, 0.2) is 23.2 Å². The van der Waals surface area contributed by atoms with Crippen LogP contribution in [-0.2, 0) is 12.8 Å². The molecule has 0 bridgehead atoms. The smallest absolute Gasteiger partial charge is 0.135 e. The molecule has 6 heteroatoms. The first-order valence-corrected chi connectivity index (χ1v) is 8.38. The molecule has 5 nitrogen and oxygen atoms in total. The van der Waals surface area contributed by atoms with E-state index in [1.54, 1.807) is 6.33 Å². The van der Waals surface area contributed by atoms with Crippen LogP contribution in [0.2, 0.25) is 0 Å². The fourth-order valence-corrected chi connectivity index (χ4v) is 3.56. The Morgan fingerprint density at radius 2 is 1.95 bits per heavy atom. The van der Waals surface area contributed by atoms with Gasteiger partial charge in [0.2, 0.25) is 0 Å². The topological polar surface area (TPSA) is 46.8 Å². The first kappa shape index (κ1) is 13.2. The van der Waals surface area contributed by atoms with Crippen molar-refractivity contribution in [3.63, 3.8) is 0 Å². The third-order valence-electron chi connectivity index (χ3n) is 4.46. The quantitative estimate of drug-likeness (QED) is 0.783. The largest absolute Gasteiger partial charge is 0.352 e. The van der Waals surface area contributed by atoms with Gasteiger partial charge in [-0.2, -0.15) is 5.10 Å². The van der Waals surface area contributed by atoms with Crippen molar-refractivity contribution in [3.05, 3.63) is 34.5 Å². The van der Waals surface area contributed by atoms with Crippen LogP contribution in [0.4, 0.5) is 5.82 Å². The Kier molecular flexibility index (Phi) is 3.41. The number of aryl methyl sites for hydroxylation is 1. The number of halogens is 1. The molecule has 2 aliphatic rings. The Balaban J connectivity index is 1.54. The van der Waals surface area contributed by atoms with Crippen LogP contribution in [0.1, 0.15) is 36.6 Å². The Morgan fingerprint density at radius 1 is 1.10 bits per heavy atom. The molecule has 0 spiro atoms. The zero-order valence-electron chi connectivity index (χ0n) is 11.9. The molecule has 2 aromatic heterocycles. The summed E-state index contributed by atoms with van der Waals surface area (Å²) in [4.78, 5) is 11.4. The Labute approximate surface area is 132 Å². The second-order valence-corrected chi connectivity index (χ2v) is 6.80. The minimum Gasteiger partial charge on any atom is -0.352 e. The SMILES string of the molecule is Brc1cnn(C2CN(c3ncnc4c3CCCCC4)C2)c1. The molecule has 4 rings (SSSR count). The van der Waals surface area contributed by atoms with Gasteiger partial charge in [0.05, 0.1) is 16.7 Å². The number of hydrogen-bond acceptors (Lipinski definition) is 4. The summed E-state index contributed by atoms with van der Waals surface area (Å²) in [7, 11) is 0. The lowest BCUT2D eigenvalue weighted by molar-refractivity contribution is 0.365. The van der Waals surface area contributed by atoms with E-state index in [-0.39, 0.29) is 0 Å². The van der Waals surface area contributed by atoms with Crippen LogP contribution in [0.25, 0.3) is 0 Å².